The van der Waals surface area contributed by atoms with Gasteiger partial charge >= 0.3 is 5.97 Å². The minimum atomic E-state index is -4.13. The lowest BCUT2D eigenvalue weighted by molar-refractivity contribution is -0.142. The van der Waals surface area contributed by atoms with Crippen LogP contribution in [0.1, 0.15) is 31.1 Å². The van der Waals surface area contributed by atoms with E-state index in [0.717, 1.165) is 11.3 Å². The van der Waals surface area contributed by atoms with Gasteiger partial charge in [-0.25, -0.2) is 13.2 Å². The van der Waals surface area contributed by atoms with Crippen molar-refractivity contribution in [2.75, 3.05) is 14.2 Å². The molecule has 0 aliphatic carbocycles. The van der Waals surface area contributed by atoms with Gasteiger partial charge < -0.3 is 19.9 Å². The molecule has 1 aromatic carbocycles. The maximum Gasteiger partial charge on any atom is 0.326 e. The van der Waals surface area contributed by atoms with Crippen LogP contribution in [0.4, 0.5) is 0 Å². The van der Waals surface area contributed by atoms with E-state index in [9.17, 15) is 23.1 Å². The molecule has 3 N–H and O–H groups in total. The number of sulfonamides is 1. The first-order valence-electron chi connectivity index (χ1n) is 10.0. The van der Waals surface area contributed by atoms with Crippen molar-refractivity contribution in [3.05, 3.63) is 40.6 Å². The summed E-state index contributed by atoms with van der Waals surface area (Å²) in [6.07, 6.45) is 1.72. The van der Waals surface area contributed by atoms with E-state index in [0.29, 0.717) is 12.2 Å². The maximum atomic E-state index is 13.0. The molecule has 0 radical (unpaired) electrons. The molecule has 2 aromatic rings. The zero-order valence-electron chi connectivity index (χ0n) is 18.2. The maximum absolute atomic E-state index is 13.0. The molecule has 2 unspecified atom stereocenters. The summed E-state index contributed by atoms with van der Waals surface area (Å²) in [5.74, 6) is -1.28. The number of aliphatic carboxylic acids is 1. The number of methoxy groups -OCH3 is 2. The van der Waals surface area contributed by atoms with E-state index < -0.39 is 34.0 Å². The van der Waals surface area contributed by atoms with Gasteiger partial charge in [0.25, 0.3) is 0 Å². The highest BCUT2D eigenvalue weighted by Crippen LogP contribution is 2.29. The average molecular weight is 485 g/mol. The Morgan fingerprint density at radius 2 is 1.84 bits per heavy atom. The molecular formula is C21H28N2O7S2. The fourth-order valence-corrected chi connectivity index (χ4v) is 4.96. The van der Waals surface area contributed by atoms with Gasteiger partial charge in [0.2, 0.25) is 15.9 Å². The molecule has 1 aromatic heterocycles. The first-order chi connectivity index (χ1) is 15.2. The number of amides is 1. The highest BCUT2D eigenvalue weighted by Gasteiger charge is 2.30. The third-order valence-corrected chi connectivity index (χ3v) is 7.09. The Hall–Kier alpha value is -2.63. The van der Waals surface area contributed by atoms with Crippen molar-refractivity contribution in [2.45, 2.75) is 49.6 Å². The number of carboxylic acids is 1. The van der Waals surface area contributed by atoms with E-state index in [1.54, 1.807) is 12.1 Å². The van der Waals surface area contributed by atoms with E-state index in [4.69, 9.17) is 9.47 Å². The van der Waals surface area contributed by atoms with Crippen molar-refractivity contribution >= 4 is 33.2 Å². The number of ether oxygens (including phenoxy) is 2. The van der Waals surface area contributed by atoms with E-state index >= 15 is 0 Å². The van der Waals surface area contributed by atoms with Gasteiger partial charge in [-0.15, -0.1) is 11.3 Å². The minimum Gasteiger partial charge on any atom is -0.493 e. The number of benzene rings is 1. The lowest BCUT2D eigenvalue weighted by atomic mass is 10.1. The second-order valence-electron chi connectivity index (χ2n) is 7.02. The van der Waals surface area contributed by atoms with Gasteiger partial charge in [0, 0.05) is 17.4 Å². The number of unbranched alkanes of at least 4 members (excludes halogenated alkanes) is 1. The largest absolute Gasteiger partial charge is 0.493 e. The van der Waals surface area contributed by atoms with Gasteiger partial charge in [-0.05, 0) is 30.0 Å². The fourth-order valence-electron chi connectivity index (χ4n) is 2.99. The zero-order valence-corrected chi connectivity index (χ0v) is 19.8. The number of rotatable bonds is 13. The molecule has 0 bridgehead atoms. The summed E-state index contributed by atoms with van der Waals surface area (Å²) in [5, 5.41) is 13.7. The number of hydrogen-bond acceptors (Lipinski definition) is 7. The molecule has 0 aliphatic heterocycles. The first-order valence-corrected chi connectivity index (χ1v) is 12.4. The van der Waals surface area contributed by atoms with Crippen LogP contribution in [0.2, 0.25) is 0 Å². The van der Waals surface area contributed by atoms with Crippen molar-refractivity contribution in [3.8, 4) is 11.5 Å². The average Bonchev–Trinajstić information content (AvgIpc) is 3.28. The third-order valence-electron chi connectivity index (χ3n) is 4.73. The molecule has 0 fully saturated rings. The Kier molecular flexibility index (Phi) is 9.48. The van der Waals surface area contributed by atoms with Crippen LogP contribution >= 0.6 is 11.3 Å². The molecule has 0 spiro atoms. The molecule has 1 heterocycles. The summed E-state index contributed by atoms with van der Waals surface area (Å²) in [5.41, 5.74) is 0. The lowest BCUT2D eigenvalue weighted by Crippen LogP contribution is -2.52. The quantitative estimate of drug-likeness (QED) is 0.398. The zero-order chi connectivity index (χ0) is 23.7. The summed E-state index contributed by atoms with van der Waals surface area (Å²) in [4.78, 5) is 25.1. The fraction of sp³-hybridized carbons (Fsp3) is 0.429. The molecule has 0 saturated carbocycles. The third kappa shape index (κ3) is 6.94. The predicted molar refractivity (Wildman–Crippen MR) is 121 cm³/mol. The number of carboxylic acid groups (broad SMARTS) is 1. The van der Waals surface area contributed by atoms with Gasteiger partial charge in [0.15, 0.2) is 11.5 Å². The van der Waals surface area contributed by atoms with Crippen LogP contribution in [0.3, 0.4) is 0 Å². The van der Waals surface area contributed by atoms with Crippen molar-refractivity contribution in [1.29, 1.82) is 0 Å². The van der Waals surface area contributed by atoms with E-state index in [2.05, 4.69) is 10.0 Å². The number of hydrogen-bond donors (Lipinski definition) is 3. The van der Waals surface area contributed by atoms with Crippen molar-refractivity contribution in [2.24, 2.45) is 0 Å². The van der Waals surface area contributed by atoms with Crippen molar-refractivity contribution in [3.63, 3.8) is 0 Å². The van der Waals surface area contributed by atoms with Gasteiger partial charge in [-0.1, -0.05) is 25.8 Å². The van der Waals surface area contributed by atoms with Crippen LogP contribution in [0.25, 0.3) is 0 Å². The number of carbonyl (C=O) groups excluding carboxylic acids is 1. The molecule has 0 aliphatic rings. The smallest absolute Gasteiger partial charge is 0.326 e. The topological polar surface area (TPSA) is 131 Å². The minimum absolute atomic E-state index is 0.0795. The highest BCUT2D eigenvalue weighted by atomic mass is 32.2. The second kappa shape index (κ2) is 11.8. The lowest BCUT2D eigenvalue weighted by Gasteiger charge is -2.21. The summed E-state index contributed by atoms with van der Waals surface area (Å²) in [6.45, 7) is 1.91. The molecule has 32 heavy (non-hydrogen) atoms. The Labute approximate surface area is 191 Å². The van der Waals surface area contributed by atoms with E-state index in [1.165, 1.54) is 43.8 Å². The molecule has 2 atom stereocenters. The van der Waals surface area contributed by atoms with Crippen LogP contribution in [0.5, 0.6) is 11.5 Å². The highest BCUT2D eigenvalue weighted by molar-refractivity contribution is 7.89. The monoisotopic (exact) mass is 484 g/mol. The van der Waals surface area contributed by atoms with Crippen LogP contribution in [0, 0.1) is 0 Å². The number of thiophene rings is 1. The van der Waals surface area contributed by atoms with E-state index in [1.807, 2.05) is 12.3 Å². The molecule has 0 saturated heterocycles. The number of nitrogens with one attached hydrogen (secondary N) is 2. The van der Waals surface area contributed by atoms with E-state index in [-0.39, 0.29) is 23.5 Å². The Bertz CT molecular complexity index is 1010. The summed E-state index contributed by atoms with van der Waals surface area (Å²) >= 11 is 1.37. The molecule has 9 nitrogen and oxygen atoms in total. The molecule has 11 heteroatoms. The Morgan fingerprint density at radius 1 is 1.12 bits per heavy atom. The normalized spacial score (nSPS) is 13.2. The van der Waals surface area contributed by atoms with Gasteiger partial charge in [-0.2, -0.15) is 4.72 Å². The number of carbonyl (C=O) groups is 2. The Balaban J connectivity index is 2.29. The van der Waals surface area contributed by atoms with Gasteiger partial charge in [0.05, 0.1) is 19.1 Å². The summed E-state index contributed by atoms with van der Waals surface area (Å²) < 4.78 is 38.8. The molecule has 2 rings (SSSR count). The van der Waals surface area contributed by atoms with Crippen molar-refractivity contribution < 1.29 is 32.6 Å². The Morgan fingerprint density at radius 3 is 2.41 bits per heavy atom. The first kappa shape index (κ1) is 25.6. The van der Waals surface area contributed by atoms with Crippen LogP contribution in [-0.2, 0) is 26.0 Å². The molecular weight excluding hydrogens is 456 g/mol. The van der Waals surface area contributed by atoms with Crippen LogP contribution in [0.15, 0.2) is 40.6 Å². The molecule has 176 valence electrons. The standard InChI is InChI=1S/C21H28N2O7S2/c1-4-5-8-16(21(25)26)22-20(24)17(12-14-7-6-11-31-14)23-32(27,28)15-9-10-18(29-2)19(13-15)30-3/h6-7,9-11,13,16-17,23H,4-5,8,12H2,1-3H3,(H,22,24)(H,25,26). The van der Waals surface area contributed by atoms with Gasteiger partial charge in [0.1, 0.15) is 12.1 Å². The summed E-state index contributed by atoms with van der Waals surface area (Å²) in [6, 6.07) is 5.36. The van der Waals surface area contributed by atoms with Gasteiger partial charge in [-0.3, -0.25) is 4.79 Å². The predicted octanol–water partition coefficient (Wildman–Crippen LogP) is 2.41. The van der Waals surface area contributed by atoms with Crippen LogP contribution in [-0.4, -0.2) is 51.7 Å². The SMILES string of the molecule is CCCCC(NC(=O)C(Cc1cccs1)NS(=O)(=O)c1ccc(OC)c(OC)c1)C(=O)O. The van der Waals surface area contributed by atoms with Crippen LogP contribution < -0.4 is 19.5 Å². The van der Waals surface area contributed by atoms with Crippen molar-refractivity contribution in [1.82, 2.24) is 10.0 Å². The molecule has 1 amide bonds. The summed E-state index contributed by atoms with van der Waals surface area (Å²) in [7, 11) is -1.31. The second-order valence-corrected chi connectivity index (χ2v) is 9.76.